The fraction of sp³-hybridized carbons (Fsp3) is 0.622. The number of rotatable bonds is 27. The number of aliphatic carboxylic acids is 4. The number of carboxylic acid groups (broad SMARTS) is 4. The van der Waals surface area contributed by atoms with Crippen molar-refractivity contribution in [3.8, 4) is 0 Å². The monoisotopic (exact) mass is 779 g/mol. The van der Waals surface area contributed by atoms with Crippen LogP contribution in [-0.4, -0.2) is 121 Å². The molecule has 8 N–H and O–H groups in total. The predicted molar refractivity (Wildman–Crippen MR) is 197 cm³/mol. The zero-order valence-electron chi connectivity index (χ0n) is 32.1. The number of hydrogen-bond acceptors (Lipinski definition) is 10. The molecule has 0 radical (unpaired) electrons. The van der Waals surface area contributed by atoms with Crippen LogP contribution in [0.15, 0.2) is 30.3 Å². The second-order valence-corrected chi connectivity index (χ2v) is 13.0. The van der Waals surface area contributed by atoms with E-state index < -0.39 is 109 Å². The molecule has 0 aromatic heterocycles. The number of unbranched alkanes of at least 4 members (excludes halogenated alkanes) is 1. The fourth-order valence-corrected chi connectivity index (χ4v) is 6.56. The Bertz CT molecular complexity index is 1480. The Hall–Kier alpha value is -5.26. The van der Waals surface area contributed by atoms with E-state index in [1.807, 2.05) is 0 Å². The molecular weight excluding hydrogens is 722 g/mol. The molecule has 0 aliphatic carbocycles. The quantitative estimate of drug-likeness (QED) is 0.0632. The van der Waals surface area contributed by atoms with Gasteiger partial charge in [-0.1, -0.05) is 44.2 Å². The van der Waals surface area contributed by atoms with Crippen molar-refractivity contribution in [2.45, 2.75) is 128 Å². The summed E-state index contributed by atoms with van der Waals surface area (Å²) in [4.78, 5) is 105. The van der Waals surface area contributed by atoms with Gasteiger partial charge in [0.2, 0.25) is 17.7 Å². The largest absolute Gasteiger partial charge is 0.481 e. The number of likely N-dealkylation sites (N-methyl/N-ethyl adjacent to an activating group) is 2. The van der Waals surface area contributed by atoms with E-state index >= 15 is 0 Å². The van der Waals surface area contributed by atoms with Crippen molar-refractivity contribution in [1.82, 2.24) is 20.4 Å². The average Bonchev–Trinajstić information content (AvgIpc) is 3.15. The van der Waals surface area contributed by atoms with Crippen molar-refractivity contribution in [2.24, 2.45) is 5.73 Å². The lowest BCUT2D eigenvalue weighted by molar-refractivity contribution is -0.163. The summed E-state index contributed by atoms with van der Waals surface area (Å²) in [5.41, 5.74) is 2.39. The minimum atomic E-state index is -2.02. The van der Waals surface area contributed by atoms with Crippen LogP contribution in [0.3, 0.4) is 0 Å². The third kappa shape index (κ3) is 13.8. The van der Waals surface area contributed by atoms with Gasteiger partial charge in [0, 0.05) is 32.4 Å². The van der Waals surface area contributed by atoms with Gasteiger partial charge < -0.3 is 51.3 Å². The lowest BCUT2D eigenvalue weighted by Gasteiger charge is -2.42. The zero-order chi connectivity index (χ0) is 41.8. The van der Waals surface area contributed by atoms with Gasteiger partial charge in [-0.15, -0.1) is 0 Å². The maximum absolute atomic E-state index is 14.4. The average molecular weight is 780 g/mol. The molecule has 18 heteroatoms. The van der Waals surface area contributed by atoms with Gasteiger partial charge in [0.15, 0.2) is 0 Å². The summed E-state index contributed by atoms with van der Waals surface area (Å²) in [7, 11) is 0. The summed E-state index contributed by atoms with van der Waals surface area (Å²) in [6.45, 7) is 5.73. The normalized spacial score (nSPS) is 14.2. The Morgan fingerprint density at radius 3 is 1.69 bits per heavy atom. The van der Waals surface area contributed by atoms with E-state index in [1.165, 1.54) is 27.7 Å². The molecule has 0 heterocycles. The maximum atomic E-state index is 14.4. The first-order valence-electron chi connectivity index (χ1n) is 18.5. The highest BCUT2D eigenvalue weighted by Gasteiger charge is 2.48. The summed E-state index contributed by atoms with van der Waals surface area (Å²) in [6, 6.07) is 5.84. The summed E-state index contributed by atoms with van der Waals surface area (Å²) < 4.78 is 5.29. The van der Waals surface area contributed by atoms with E-state index in [1.54, 1.807) is 30.3 Å². The molecule has 4 atom stereocenters. The van der Waals surface area contributed by atoms with Crippen LogP contribution in [0.25, 0.3) is 0 Å². The number of alkyl carbamates (subject to hydrolysis) is 1. The first-order chi connectivity index (χ1) is 26.0. The molecule has 308 valence electrons. The van der Waals surface area contributed by atoms with E-state index in [9.17, 15) is 58.8 Å². The van der Waals surface area contributed by atoms with Crippen LogP contribution in [0, 0.1) is 0 Å². The number of hydrogen-bond donors (Lipinski definition) is 7. The van der Waals surface area contributed by atoms with Gasteiger partial charge in [-0.05, 0) is 77.3 Å². The van der Waals surface area contributed by atoms with E-state index in [2.05, 4.69) is 10.6 Å². The Morgan fingerprint density at radius 2 is 1.24 bits per heavy atom. The topological polar surface area (TPSA) is 283 Å². The van der Waals surface area contributed by atoms with Gasteiger partial charge in [0.05, 0.1) is 0 Å². The van der Waals surface area contributed by atoms with Crippen LogP contribution < -0.4 is 16.4 Å². The lowest BCUT2D eigenvalue weighted by atomic mass is 9.86. The second kappa shape index (κ2) is 23.5. The SMILES string of the molecule is CCN(C(=O)CC[C@H](NC(=O)[C@H](CCCCN)NC(=O)OCc1ccccc1)C(=O)N(CC)[C@@](CC)(CCC(=O)O)C(=O)O)[C@@](CC)(CCC(=O)O)C(=O)O. The summed E-state index contributed by atoms with van der Waals surface area (Å²) in [6.07, 6.45) is -3.46. The number of nitrogens with two attached hydrogens (primary N) is 1. The van der Waals surface area contributed by atoms with Crippen LogP contribution in [0.5, 0.6) is 0 Å². The van der Waals surface area contributed by atoms with Crippen molar-refractivity contribution >= 4 is 47.7 Å². The lowest BCUT2D eigenvalue weighted by Crippen LogP contribution is -2.62. The molecule has 0 aliphatic rings. The van der Waals surface area contributed by atoms with Crippen LogP contribution >= 0.6 is 0 Å². The molecule has 0 saturated carbocycles. The van der Waals surface area contributed by atoms with Crippen molar-refractivity contribution < 1.29 is 63.5 Å². The molecule has 1 aromatic carbocycles. The Balaban J connectivity index is 3.62. The van der Waals surface area contributed by atoms with Gasteiger partial charge in [0.1, 0.15) is 29.8 Å². The highest BCUT2D eigenvalue weighted by atomic mass is 16.5. The van der Waals surface area contributed by atoms with E-state index in [0.29, 0.717) is 18.4 Å². The first-order valence-corrected chi connectivity index (χ1v) is 18.5. The van der Waals surface area contributed by atoms with E-state index in [-0.39, 0.29) is 45.5 Å². The number of carboxylic acids is 4. The Morgan fingerprint density at radius 1 is 0.709 bits per heavy atom. The van der Waals surface area contributed by atoms with Gasteiger partial charge in [-0.25, -0.2) is 14.4 Å². The molecule has 0 spiro atoms. The number of benzene rings is 1. The maximum Gasteiger partial charge on any atom is 0.408 e. The summed E-state index contributed by atoms with van der Waals surface area (Å²) in [5, 5.41) is 44.3. The van der Waals surface area contributed by atoms with Crippen molar-refractivity contribution in [3.05, 3.63) is 35.9 Å². The molecule has 1 rings (SSSR count). The molecule has 0 bridgehead atoms. The van der Waals surface area contributed by atoms with Crippen LogP contribution in [0.4, 0.5) is 4.79 Å². The second-order valence-electron chi connectivity index (χ2n) is 13.0. The molecule has 18 nitrogen and oxygen atoms in total. The van der Waals surface area contributed by atoms with Gasteiger partial charge in [-0.2, -0.15) is 0 Å². The van der Waals surface area contributed by atoms with Crippen LogP contribution in [0.2, 0.25) is 0 Å². The van der Waals surface area contributed by atoms with Gasteiger partial charge in [0.25, 0.3) is 0 Å². The molecule has 4 amide bonds. The number of amides is 4. The van der Waals surface area contributed by atoms with Crippen molar-refractivity contribution in [2.75, 3.05) is 19.6 Å². The molecule has 55 heavy (non-hydrogen) atoms. The van der Waals surface area contributed by atoms with Crippen LogP contribution in [-0.2, 0) is 44.9 Å². The third-order valence-corrected chi connectivity index (χ3v) is 9.73. The minimum absolute atomic E-state index is 0.0538. The van der Waals surface area contributed by atoms with Crippen molar-refractivity contribution in [3.63, 3.8) is 0 Å². The number of carbonyl (C=O) groups is 8. The Kier molecular flexibility index (Phi) is 20.4. The first kappa shape index (κ1) is 47.8. The summed E-state index contributed by atoms with van der Waals surface area (Å²) >= 11 is 0. The van der Waals surface area contributed by atoms with Gasteiger partial charge >= 0.3 is 30.0 Å². The van der Waals surface area contributed by atoms with E-state index in [0.717, 1.165) is 9.80 Å². The third-order valence-electron chi connectivity index (χ3n) is 9.73. The van der Waals surface area contributed by atoms with Crippen molar-refractivity contribution in [1.29, 1.82) is 0 Å². The number of carbonyl (C=O) groups excluding carboxylic acids is 4. The molecular formula is C37H57N5O13. The molecule has 0 saturated heterocycles. The summed E-state index contributed by atoms with van der Waals surface area (Å²) in [5.74, 6) is -8.10. The van der Waals surface area contributed by atoms with E-state index in [4.69, 9.17) is 10.5 Å². The number of nitrogens with zero attached hydrogens (tertiary/aromatic N) is 2. The minimum Gasteiger partial charge on any atom is -0.481 e. The molecule has 0 aliphatic heterocycles. The highest BCUT2D eigenvalue weighted by molar-refractivity contribution is 5.95. The smallest absolute Gasteiger partial charge is 0.408 e. The van der Waals surface area contributed by atoms with Crippen LogP contribution in [0.1, 0.15) is 104 Å². The highest BCUT2D eigenvalue weighted by Crippen LogP contribution is 2.30. The number of ether oxygens (including phenoxy) is 1. The van der Waals surface area contributed by atoms with Gasteiger partial charge in [-0.3, -0.25) is 24.0 Å². The molecule has 0 fully saturated rings. The fourth-order valence-electron chi connectivity index (χ4n) is 6.56. The molecule has 1 aromatic rings. The standard InChI is InChI=1S/C37H57N5O13/c1-5-36(33(50)51,21-19-29(44)45)41(7-3)28(43)18-17-27(32(49)42(8-4)37(6-2,34(52)53)22-20-30(46)47)39-31(48)26(16-12-13-23-38)40-35(54)55-24-25-14-10-9-11-15-25/h9-11,14-15,26-27H,5-8,12-13,16-24,38H2,1-4H3,(H,39,48)(H,40,54)(H,44,45)(H,46,47)(H,50,51)(H,52,53)/t26-,27-,36-,37-/m0/s1. The predicted octanol–water partition coefficient (Wildman–Crippen LogP) is 2.57. The Labute approximate surface area is 320 Å². The molecule has 0 unspecified atom stereocenters. The zero-order valence-corrected chi connectivity index (χ0v) is 32.1. The number of nitrogens with one attached hydrogen (secondary N) is 2.